The zero-order valence-electron chi connectivity index (χ0n) is 17.8. The van der Waals surface area contributed by atoms with Crippen LogP contribution in [0.5, 0.6) is 11.5 Å². The van der Waals surface area contributed by atoms with Gasteiger partial charge in [-0.3, -0.25) is 4.72 Å². The molecule has 2 aliphatic rings. The minimum atomic E-state index is -3.95. The normalized spacial score (nSPS) is 20.9. The Kier molecular flexibility index (Phi) is 5.26. The maximum Gasteiger partial charge on any atom is 0.263 e. The Bertz CT molecular complexity index is 1260. The summed E-state index contributed by atoms with van der Waals surface area (Å²) in [6.07, 6.45) is -0.0384. The average molecular weight is 457 g/mol. The van der Waals surface area contributed by atoms with E-state index in [1.807, 2.05) is 36.9 Å². The van der Waals surface area contributed by atoms with Gasteiger partial charge in [-0.25, -0.2) is 18.4 Å². The Labute approximate surface area is 186 Å². The largest absolute Gasteiger partial charge is 0.486 e. The molecule has 0 aliphatic carbocycles. The van der Waals surface area contributed by atoms with Crippen molar-refractivity contribution >= 4 is 32.7 Å². The maximum atomic E-state index is 13.3. The second-order valence-electron chi connectivity index (χ2n) is 7.96. The Balaban J connectivity index is 1.55. The molecule has 5 rings (SSSR count). The van der Waals surface area contributed by atoms with Gasteiger partial charge < -0.3 is 19.1 Å². The van der Waals surface area contributed by atoms with Crippen molar-refractivity contribution in [1.29, 1.82) is 0 Å². The Morgan fingerprint density at radius 3 is 2.31 bits per heavy atom. The molecule has 32 heavy (non-hydrogen) atoms. The van der Waals surface area contributed by atoms with Crippen LogP contribution < -0.4 is 19.1 Å². The molecule has 0 saturated carbocycles. The van der Waals surface area contributed by atoms with Crippen LogP contribution in [0, 0.1) is 0 Å². The number of nitrogens with zero attached hydrogens (tertiary/aromatic N) is 3. The van der Waals surface area contributed by atoms with Crippen LogP contribution in [0.2, 0.25) is 0 Å². The van der Waals surface area contributed by atoms with E-state index in [1.54, 1.807) is 12.1 Å². The molecule has 3 heterocycles. The fraction of sp³-hybridized carbons (Fsp3) is 0.364. The molecule has 10 heteroatoms. The van der Waals surface area contributed by atoms with Gasteiger partial charge in [-0.05, 0) is 38.1 Å². The summed E-state index contributed by atoms with van der Waals surface area (Å²) >= 11 is 0. The lowest BCUT2D eigenvalue weighted by atomic mass is 10.2. The monoisotopic (exact) mass is 456 g/mol. The number of ether oxygens (including phenoxy) is 3. The van der Waals surface area contributed by atoms with Crippen LogP contribution in [-0.4, -0.2) is 56.9 Å². The average Bonchev–Trinajstić information content (AvgIpc) is 2.77. The van der Waals surface area contributed by atoms with Gasteiger partial charge in [0, 0.05) is 19.2 Å². The number of fused-ring (bicyclic) bond motifs is 2. The van der Waals surface area contributed by atoms with E-state index < -0.39 is 10.0 Å². The summed E-state index contributed by atoms with van der Waals surface area (Å²) in [6, 6.07) is 11.9. The van der Waals surface area contributed by atoms with Crippen molar-refractivity contribution in [3.05, 3.63) is 42.5 Å². The number of aromatic nitrogens is 2. The number of hydrogen-bond donors (Lipinski definition) is 1. The minimum absolute atomic E-state index is 0.0192. The van der Waals surface area contributed by atoms with Crippen molar-refractivity contribution in [3.8, 4) is 11.5 Å². The second kappa shape index (κ2) is 8.10. The van der Waals surface area contributed by atoms with E-state index in [1.165, 1.54) is 12.1 Å². The molecule has 2 atom stereocenters. The van der Waals surface area contributed by atoms with Crippen LogP contribution in [0.25, 0.3) is 11.0 Å². The molecular formula is C22H24N4O5S. The van der Waals surface area contributed by atoms with Crippen LogP contribution in [0.4, 0.5) is 11.6 Å². The first-order chi connectivity index (χ1) is 15.4. The number of benzene rings is 2. The molecule has 0 amide bonds. The number of nitrogens with one attached hydrogen (secondary N) is 1. The molecule has 2 aliphatic heterocycles. The van der Waals surface area contributed by atoms with Crippen molar-refractivity contribution in [3.63, 3.8) is 0 Å². The van der Waals surface area contributed by atoms with E-state index in [-0.39, 0.29) is 22.9 Å². The van der Waals surface area contributed by atoms with Crippen molar-refractivity contribution in [1.82, 2.24) is 9.97 Å². The van der Waals surface area contributed by atoms with Crippen molar-refractivity contribution in [2.24, 2.45) is 0 Å². The number of hydrogen-bond acceptors (Lipinski definition) is 8. The van der Waals surface area contributed by atoms with Crippen LogP contribution in [0.15, 0.2) is 47.4 Å². The van der Waals surface area contributed by atoms with E-state index in [4.69, 9.17) is 19.2 Å². The highest BCUT2D eigenvalue weighted by atomic mass is 32.2. The summed E-state index contributed by atoms with van der Waals surface area (Å²) in [5.41, 5.74) is 1.29. The maximum absolute atomic E-state index is 13.3. The molecule has 0 unspecified atom stereocenters. The zero-order chi connectivity index (χ0) is 22.3. The van der Waals surface area contributed by atoms with E-state index >= 15 is 0 Å². The van der Waals surface area contributed by atoms with Gasteiger partial charge >= 0.3 is 0 Å². The number of morpholine rings is 1. The predicted octanol–water partition coefficient (Wildman–Crippen LogP) is 2.82. The van der Waals surface area contributed by atoms with Crippen LogP contribution in [0.3, 0.4) is 0 Å². The van der Waals surface area contributed by atoms with Crippen molar-refractivity contribution < 1.29 is 22.6 Å². The minimum Gasteiger partial charge on any atom is -0.486 e. The fourth-order valence-corrected chi connectivity index (χ4v) is 5.03. The fourth-order valence-electron chi connectivity index (χ4n) is 4.01. The lowest BCUT2D eigenvalue weighted by Gasteiger charge is -2.36. The Morgan fingerprint density at radius 1 is 0.938 bits per heavy atom. The molecule has 0 radical (unpaired) electrons. The third-order valence-electron chi connectivity index (χ3n) is 5.33. The van der Waals surface area contributed by atoms with E-state index in [2.05, 4.69) is 9.71 Å². The first kappa shape index (κ1) is 20.8. The van der Waals surface area contributed by atoms with E-state index in [9.17, 15) is 8.42 Å². The summed E-state index contributed by atoms with van der Waals surface area (Å²) in [4.78, 5) is 11.4. The lowest BCUT2D eigenvalue weighted by Crippen LogP contribution is -2.46. The highest BCUT2D eigenvalue weighted by molar-refractivity contribution is 7.92. The second-order valence-corrected chi connectivity index (χ2v) is 9.64. The molecule has 3 aromatic rings. The van der Waals surface area contributed by atoms with Crippen LogP contribution in [0.1, 0.15) is 13.8 Å². The van der Waals surface area contributed by atoms with Gasteiger partial charge in [0.15, 0.2) is 23.1 Å². The Morgan fingerprint density at radius 2 is 1.59 bits per heavy atom. The molecular weight excluding hydrogens is 432 g/mol. The quantitative estimate of drug-likeness (QED) is 0.639. The summed E-state index contributed by atoms with van der Waals surface area (Å²) in [5, 5.41) is 0. The summed E-state index contributed by atoms with van der Waals surface area (Å²) < 4.78 is 46.1. The molecule has 0 bridgehead atoms. The molecule has 1 aromatic heterocycles. The van der Waals surface area contributed by atoms with Crippen molar-refractivity contribution in [2.75, 3.05) is 35.9 Å². The van der Waals surface area contributed by atoms with E-state index in [0.29, 0.717) is 54.7 Å². The van der Waals surface area contributed by atoms with Gasteiger partial charge in [0.2, 0.25) is 0 Å². The molecule has 1 N–H and O–H groups in total. The van der Waals surface area contributed by atoms with Gasteiger partial charge in [-0.15, -0.1) is 0 Å². The van der Waals surface area contributed by atoms with Gasteiger partial charge in [-0.2, -0.15) is 0 Å². The number of sulfonamides is 1. The predicted molar refractivity (Wildman–Crippen MR) is 120 cm³/mol. The third-order valence-corrected chi connectivity index (χ3v) is 6.66. The van der Waals surface area contributed by atoms with E-state index in [0.717, 1.165) is 0 Å². The lowest BCUT2D eigenvalue weighted by molar-refractivity contribution is -0.00540. The van der Waals surface area contributed by atoms with Gasteiger partial charge in [0.1, 0.15) is 13.2 Å². The topological polar surface area (TPSA) is 103 Å². The standard InChI is InChI=1S/C22H24N4O5S/c1-14-12-26(13-15(2)31-14)22-21(23-17-5-3-4-6-18(17)24-22)25-32(27,28)16-7-8-19-20(11-16)30-10-9-29-19/h3-8,11,14-15H,9-10,12-13H2,1-2H3,(H,23,25)/t14-,15-/m0/s1. The summed E-state index contributed by atoms with van der Waals surface area (Å²) in [6.45, 7) is 5.93. The molecule has 1 fully saturated rings. The number of rotatable bonds is 4. The molecule has 2 aromatic carbocycles. The smallest absolute Gasteiger partial charge is 0.263 e. The first-order valence-electron chi connectivity index (χ1n) is 10.5. The molecule has 1 saturated heterocycles. The van der Waals surface area contributed by atoms with Crippen LogP contribution in [-0.2, 0) is 14.8 Å². The molecule has 168 valence electrons. The SMILES string of the molecule is C[C@H]1CN(c2nc3ccccc3nc2NS(=O)(=O)c2ccc3c(c2)OCCO3)C[C@H](C)O1. The van der Waals surface area contributed by atoms with Crippen LogP contribution >= 0.6 is 0 Å². The van der Waals surface area contributed by atoms with Gasteiger partial charge in [0.05, 0.1) is 28.1 Å². The van der Waals surface area contributed by atoms with Gasteiger partial charge in [-0.1, -0.05) is 12.1 Å². The Hall–Kier alpha value is -3.11. The first-order valence-corrected chi connectivity index (χ1v) is 12.0. The highest BCUT2D eigenvalue weighted by Crippen LogP contribution is 2.34. The summed E-state index contributed by atoms with van der Waals surface area (Å²) in [5.74, 6) is 1.59. The zero-order valence-corrected chi connectivity index (χ0v) is 18.6. The van der Waals surface area contributed by atoms with Gasteiger partial charge in [0.25, 0.3) is 10.0 Å². The number of para-hydroxylation sites is 2. The third kappa shape index (κ3) is 4.03. The molecule has 9 nitrogen and oxygen atoms in total. The highest BCUT2D eigenvalue weighted by Gasteiger charge is 2.28. The molecule has 0 spiro atoms. The number of anilines is 2. The summed E-state index contributed by atoms with van der Waals surface area (Å²) in [7, 11) is -3.95. The van der Waals surface area contributed by atoms with Crippen molar-refractivity contribution in [2.45, 2.75) is 31.0 Å².